The average Bonchev–Trinajstić information content (AvgIpc) is 2.72. The quantitative estimate of drug-likeness (QED) is 0.706. The minimum absolute atomic E-state index is 0.241. The number of methoxy groups -OCH3 is 2. The fourth-order valence-electron chi connectivity index (χ4n) is 3.56. The Balaban J connectivity index is 1.72. The predicted molar refractivity (Wildman–Crippen MR) is 104 cm³/mol. The van der Waals surface area contributed by atoms with Gasteiger partial charge in [0.1, 0.15) is 17.8 Å². The van der Waals surface area contributed by atoms with Crippen molar-refractivity contribution in [1.29, 1.82) is 0 Å². The van der Waals surface area contributed by atoms with E-state index in [4.69, 9.17) is 14.5 Å². The number of anilines is 1. The molecule has 0 unspecified atom stereocenters. The summed E-state index contributed by atoms with van der Waals surface area (Å²) in [4.78, 5) is 22.9. The Hall–Kier alpha value is -3.09. The molecule has 4 rings (SSSR count). The molecule has 0 saturated carbocycles. The molecule has 27 heavy (non-hydrogen) atoms. The first-order valence-electron chi connectivity index (χ1n) is 8.99. The highest BCUT2D eigenvalue weighted by Gasteiger charge is 2.21. The number of benzene rings is 1. The third kappa shape index (κ3) is 2.99. The molecule has 0 saturated heterocycles. The van der Waals surface area contributed by atoms with E-state index in [9.17, 15) is 4.79 Å². The monoisotopic (exact) mass is 366 g/mol. The second-order valence-electron chi connectivity index (χ2n) is 6.52. The minimum Gasteiger partial charge on any atom is -0.493 e. The highest BCUT2D eigenvalue weighted by atomic mass is 16.5. The second-order valence-corrected chi connectivity index (χ2v) is 6.52. The fraction of sp³-hybridized carbons (Fsp3) is 0.350. The summed E-state index contributed by atoms with van der Waals surface area (Å²) in [6, 6.07) is 7.81. The van der Waals surface area contributed by atoms with Crippen LogP contribution in [0.2, 0.25) is 0 Å². The van der Waals surface area contributed by atoms with Crippen LogP contribution in [0.4, 0.5) is 5.82 Å². The molecule has 2 aromatic heterocycles. The maximum absolute atomic E-state index is 12.0. The van der Waals surface area contributed by atoms with Crippen molar-refractivity contribution >= 4 is 16.9 Å². The number of hydrogen-bond donors (Lipinski definition) is 0. The molecule has 3 heterocycles. The summed E-state index contributed by atoms with van der Waals surface area (Å²) < 4.78 is 12.7. The zero-order chi connectivity index (χ0) is 19.0. The van der Waals surface area contributed by atoms with Crippen molar-refractivity contribution < 1.29 is 9.47 Å². The van der Waals surface area contributed by atoms with Crippen molar-refractivity contribution in [3.05, 3.63) is 52.1 Å². The van der Waals surface area contributed by atoms with Crippen LogP contribution < -0.4 is 19.9 Å². The number of rotatable bonds is 4. The summed E-state index contributed by atoms with van der Waals surface area (Å²) in [7, 11) is 3.30. The van der Waals surface area contributed by atoms with E-state index < -0.39 is 0 Å². The molecule has 0 spiro atoms. The number of ether oxygens (including phenoxy) is 2. The van der Waals surface area contributed by atoms with Crippen molar-refractivity contribution in [2.45, 2.75) is 26.4 Å². The summed E-state index contributed by atoms with van der Waals surface area (Å²) in [6.07, 6.45) is 2.45. The van der Waals surface area contributed by atoms with E-state index in [-0.39, 0.29) is 5.56 Å². The first-order valence-corrected chi connectivity index (χ1v) is 8.99. The Bertz CT molecular complexity index is 1060. The smallest absolute Gasteiger partial charge is 0.282 e. The van der Waals surface area contributed by atoms with Gasteiger partial charge in [-0.25, -0.2) is 4.98 Å². The maximum Gasteiger partial charge on any atom is 0.282 e. The third-order valence-corrected chi connectivity index (χ3v) is 5.06. The lowest BCUT2D eigenvalue weighted by atomic mass is 9.99. The normalized spacial score (nSPS) is 13.5. The van der Waals surface area contributed by atoms with Crippen LogP contribution in [0.3, 0.4) is 0 Å². The highest BCUT2D eigenvalue weighted by molar-refractivity contribution is 5.76. The maximum atomic E-state index is 12.0. The molecule has 0 aliphatic carbocycles. The minimum atomic E-state index is -0.241. The lowest BCUT2D eigenvalue weighted by Crippen LogP contribution is -2.31. The summed E-state index contributed by atoms with van der Waals surface area (Å²) in [5.74, 6) is 2.35. The lowest BCUT2D eigenvalue weighted by molar-refractivity contribution is 0.353. The van der Waals surface area contributed by atoms with Crippen LogP contribution in [0.1, 0.15) is 18.1 Å². The number of aromatic nitrogens is 3. The van der Waals surface area contributed by atoms with Crippen molar-refractivity contribution in [3.8, 4) is 11.5 Å². The molecule has 0 N–H and O–H groups in total. The van der Waals surface area contributed by atoms with E-state index in [2.05, 4.69) is 16.0 Å². The Morgan fingerprint density at radius 1 is 1.11 bits per heavy atom. The standard InChI is InChI=1S/C20H22N4O3/c1-4-23-12-21-20(25)15-5-6-18(22-19(15)23)24-8-7-13-9-16(26-2)17(27-3)10-14(13)11-24/h5-6,9-10,12H,4,7-8,11H2,1-3H3. The number of nitrogens with zero attached hydrogens (tertiary/aromatic N) is 4. The van der Waals surface area contributed by atoms with Gasteiger partial charge in [-0.15, -0.1) is 0 Å². The van der Waals surface area contributed by atoms with E-state index >= 15 is 0 Å². The Labute approximate surface area is 157 Å². The number of aryl methyl sites for hydroxylation is 1. The SMILES string of the molecule is CCn1cnc(=O)c2ccc(N3CCc4cc(OC)c(OC)cc4C3)nc21. The Morgan fingerprint density at radius 3 is 2.56 bits per heavy atom. The molecule has 0 amide bonds. The molecule has 0 fully saturated rings. The molecule has 0 radical (unpaired) electrons. The summed E-state index contributed by atoms with van der Waals surface area (Å²) in [5.41, 5.74) is 2.89. The lowest BCUT2D eigenvalue weighted by Gasteiger charge is -2.30. The Morgan fingerprint density at radius 2 is 1.85 bits per heavy atom. The highest BCUT2D eigenvalue weighted by Crippen LogP contribution is 2.34. The molecule has 7 nitrogen and oxygen atoms in total. The summed E-state index contributed by atoms with van der Waals surface area (Å²) in [6.45, 7) is 4.30. The van der Waals surface area contributed by atoms with E-state index in [0.717, 1.165) is 36.8 Å². The number of hydrogen-bond acceptors (Lipinski definition) is 6. The molecule has 1 aromatic carbocycles. The van der Waals surface area contributed by atoms with E-state index in [1.807, 2.05) is 29.7 Å². The molecule has 1 aliphatic heterocycles. The first-order chi connectivity index (χ1) is 13.1. The van der Waals surface area contributed by atoms with Crippen LogP contribution in [0.5, 0.6) is 11.5 Å². The third-order valence-electron chi connectivity index (χ3n) is 5.06. The van der Waals surface area contributed by atoms with Crippen molar-refractivity contribution in [3.63, 3.8) is 0 Å². The largest absolute Gasteiger partial charge is 0.493 e. The van der Waals surface area contributed by atoms with Crippen LogP contribution in [0.15, 0.2) is 35.4 Å². The van der Waals surface area contributed by atoms with Gasteiger partial charge in [0.25, 0.3) is 5.56 Å². The van der Waals surface area contributed by atoms with Crippen LogP contribution in [-0.2, 0) is 19.5 Å². The molecule has 0 bridgehead atoms. The van der Waals surface area contributed by atoms with Crippen molar-refractivity contribution in [1.82, 2.24) is 14.5 Å². The first kappa shape index (κ1) is 17.3. The second kappa shape index (κ2) is 6.90. The van der Waals surface area contributed by atoms with E-state index in [1.165, 1.54) is 11.1 Å². The number of fused-ring (bicyclic) bond motifs is 2. The van der Waals surface area contributed by atoms with Gasteiger partial charge in [0.2, 0.25) is 0 Å². The zero-order valence-corrected chi connectivity index (χ0v) is 15.7. The van der Waals surface area contributed by atoms with Gasteiger partial charge in [0.15, 0.2) is 11.5 Å². The van der Waals surface area contributed by atoms with Gasteiger partial charge >= 0.3 is 0 Å². The van der Waals surface area contributed by atoms with Gasteiger partial charge in [-0.05, 0) is 48.7 Å². The molecule has 0 atom stereocenters. The van der Waals surface area contributed by atoms with Crippen LogP contribution in [0, 0.1) is 0 Å². The van der Waals surface area contributed by atoms with Crippen LogP contribution >= 0.6 is 0 Å². The molecule has 140 valence electrons. The summed E-state index contributed by atoms with van der Waals surface area (Å²) >= 11 is 0. The van der Waals surface area contributed by atoms with Gasteiger partial charge in [-0.1, -0.05) is 0 Å². The molecule has 7 heteroatoms. The van der Waals surface area contributed by atoms with Gasteiger partial charge in [-0.2, -0.15) is 4.98 Å². The summed E-state index contributed by atoms with van der Waals surface area (Å²) in [5, 5.41) is 0.548. The van der Waals surface area contributed by atoms with Crippen molar-refractivity contribution in [2.24, 2.45) is 0 Å². The number of pyridine rings is 1. The van der Waals surface area contributed by atoms with E-state index in [1.54, 1.807) is 20.5 Å². The van der Waals surface area contributed by atoms with Crippen molar-refractivity contribution in [2.75, 3.05) is 25.7 Å². The molecular formula is C20H22N4O3. The van der Waals surface area contributed by atoms with Gasteiger partial charge in [0.05, 0.1) is 19.6 Å². The van der Waals surface area contributed by atoms with Gasteiger partial charge in [0, 0.05) is 19.6 Å². The van der Waals surface area contributed by atoms with Crippen LogP contribution in [0.25, 0.3) is 11.0 Å². The fourth-order valence-corrected chi connectivity index (χ4v) is 3.56. The predicted octanol–water partition coefficient (Wildman–Crippen LogP) is 2.39. The molecule has 1 aliphatic rings. The molecular weight excluding hydrogens is 344 g/mol. The van der Waals surface area contributed by atoms with Gasteiger partial charge in [-0.3, -0.25) is 4.79 Å². The zero-order valence-electron chi connectivity index (χ0n) is 15.7. The topological polar surface area (TPSA) is 69.5 Å². The van der Waals surface area contributed by atoms with Crippen LogP contribution in [-0.4, -0.2) is 35.3 Å². The Kier molecular flexibility index (Phi) is 4.43. The van der Waals surface area contributed by atoms with E-state index in [0.29, 0.717) is 17.6 Å². The van der Waals surface area contributed by atoms with Gasteiger partial charge < -0.3 is 18.9 Å². The molecule has 3 aromatic rings. The average molecular weight is 366 g/mol.